The molecule has 3 rings (SSSR count). The summed E-state index contributed by atoms with van der Waals surface area (Å²) in [5.74, 6) is 0. The third-order valence-corrected chi connectivity index (χ3v) is 3.57. The normalized spacial score (nSPS) is 16.9. The number of benzene rings is 1. The molecule has 0 saturated carbocycles. The molecular weight excluding hydrogens is 226 g/mol. The van der Waals surface area contributed by atoms with E-state index in [1.807, 2.05) is 18.2 Å². The van der Waals surface area contributed by atoms with Crippen molar-refractivity contribution in [3.63, 3.8) is 0 Å². The Morgan fingerprint density at radius 1 is 1.39 bits per heavy atom. The van der Waals surface area contributed by atoms with E-state index in [9.17, 15) is 0 Å². The molecule has 0 bridgehead atoms. The number of nitrogens with zero attached hydrogens (tertiary/aromatic N) is 1. The number of aromatic amines is 1. The Hall–Kier alpha value is -1.78. The van der Waals surface area contributed by atoms with Crippen LogP contribution in [0.3, 0.4) is 0 Å². The summed E-state index contributed by atoms with van der Waals surface area (Å²) in [6, 6.07) is 5.80. The summed E-state index contributed by atoms with van der Waals surface area (Å²) in [7, 11) is 2.14. The van der Waals surface area contributed by atoms with Gasteiger partial charge < -0.3 is 9.88 Å². The van der Waals surface area contributed by atoms with Gasteiger partial charge in [-0.2, -0.15) is 0 Å². The van der Waals surface area contributed by atoms with Gasteiger partial charge >= 0.3 is 0 Å². The Labute approximate surface area is 106 Å². The second-order valence-electron chi connectivity index (χ2n) is 4.82. The Morgan fingerprint density at radius 2 is 2.28 bits per heavy atom. The largest absolute Gasteiger partial charge is 0.361 e. The van der Waals surface area contributed by atoms with E-state index in [-0.39, 0.29) is 0 Å². The average Bonchev–Trinajstić information content (AvgIpc) is 2.82. The molecule has 0 radical (unpaired) electrons. The second-order valence-corrected chi connectivity index (χ2v) is 4.82. The Kier molecular flexibility index (Phi) is 2.81. The van der Waals surface area contributed by atoms with Crippen LogP contribution in [0, 0.1) is 0 Å². The van der Waals surface area contributed by atoms with E-state index in [1.54, 1.807) is 0 Å². The first kappa shape index (κ1) is 11.3. The third-order valence-electron chi connectivity index (χ3n) is 3.57. The van der Waals surface area contributed by atoms with Gasteiger partial charge in [0.05, 0.1) is 5.69 Å². The predicted octanol–water partition coefficient (Wildman–Crippen LogP) is 2.69. The van der Waals surface area contributed by atoms with Gasteiger partial charge in [0.15, 0.2) is 0 Å². The Bertz CT molecular complexity index is 600. The molecule has 0 fully saturated rings. The van der Waals surface area contributed by atoms with Crippen LogP contribution in [-0.2, 0) is 0 Å². The van der Waals surface area contributed by atoms with Gasteiger partial charge in [0.25, 0.3) is 0 Å². The fraction of sp³-hybridized carbons (Fsp3) is 0.286. The number of fused-ring (bicyclic) bond motifs is 1. The van der Waals surface area contributed by atoms with Gasteiger partial charge in [0, 0.05) is 35.8 Å². The highest BCUT2D eigenvalue weighted by Crippen LogP contribution is 2.30. The highest BCUT2D eigenvalue weighted by atomic mass is 16.5. The molecule has 1 aromatic heterocycles. The highest BCUT2D eigenvalue weighted by molar-refractivity contribution is 5.94. The van der Waals surface area contributed by atoms with Crippen molar-refractivity contribution in [1.29, 1.82) is 0 Å². The zero-order valence-electron chi connectivity index (χ0n) is 10.4. The molecule has 1 aliphatic rings. The molecule has 0 aliphatic carbocycles. The van der Waals surface area contributed by atoms with Gasteiger partial charge in [0.2, 0.25) is 0 Å². The first-order valence-electron chi connectivity index (χ1n) is 6.17. The summed E-state index contributed by atoms with van der Waals surface area (Å²) in [6.07, 6.45) is 5.41. The van der Waals surface area contributed by atoms with E-state index >= 15 is 0 Å². The highest BCUT2D eigenvalue weighted by Gasteiger charge is 2.13. The van der Waals surface area contributed by atoms with Crippen LogP contribution in [0.25, 0.3) is 16.5 Å². The summed E-state index contributed by atoms with van der Waals surface area (Å²) in [5, 5.41) is 10.1. The SMILES string of the molecule is CN1CC=C(c2c[nH]c3ccc(NO)cc23)CC1. The number of aromatic nitrogens is 1. The number of H-pyrrole nitrogens is 1. The molecule has 18 heavy (non-hydrogen) atoms. The van der Waals surface area contributed by atoms with Crippen molar-refractivity contribution in [1.82, 2.24) is 9.88 Å². The van der Waals surface area contributed by atoms with E-state index in [0.29, 0.717) is 0 Å². The smallest absolute Gasteiger partial charge is 0.0609 e. The standard InChI is InChI=1S/C14H17N3O/c1-17-6-4-10(5-7-17)13-9-15-14-3-2-11(16-18)8-12(13)14/h2-4,8-9,15-16,18H,5-7H2,1H3. The van der Waals surface area contributed by atoms with Crippen molar-refractivity contribution in [2.24, 2.45) is 0 Å². The predicted molar refractivity (Wildman–Crippen MR) is 73.8 cm³/mol. The maximum atomic E-state index is 8.99. The van der Waals surface area contributed by atoms with Crippen LogP contribution < -0.4 is 5.48 Å². The molecule has 0 amide bonds. The Balaban J connectivity index is 2.06. The fourth-order valence-electron chi connectivity index (χ4n) is 2.47. The molecule has 4 heteroatoms. The minimum atomic E-state index is 0.719. The molecule has 4 nitrogen and oxygen atoms in total. The lowest BCUT2D eigenvalue weighted by Gasteiger charge is -2.21. The van der Waals surface area contributed by atoms with E-state index in [4.69, 9.17) is 5.21 Å². The summed E-state index contributed by atoms with van der Waals surface area (Å²) in [6.45, 7) is 2.09. The van der Waals surface area contributed by atoms with E-state index in [2.05, 4.69) is 34.7 Å². The minimum absolute atomic E-state index is 0.719. The average molecular weight is 243 g/mol. The van der Waals surface area contributed by atoms with Gasteiger partial charge in [-0.1, -0.05) is 6.08 Å². The van der Waals surface area contributed by atoms with Crippen LogP contribution in [0.4, 0.5) is 5.69 Å². The van der Waals surface area contributed by atoms with Crippen molar-refractivity contribution in [3.05, 3.63) is 36.0 Å². The molecule has 2 heterocycles. The van der Waals surface area contributed by atoms with E-state index in [1.165, 1.54) is 11.1 Å². The first-order valence-corrected chi connectivity index (χ1v) is 6.17. The van der Waals surface area contributed by atoms with Crippen LogP contribution in [-0.4, -0.2) is 35.2 Å². The molecule has 2 aromatic rings. The first-order chi connectivity index (χ1) is 8.78. The number of hydrogen-bond acceptors (Lipinski definition) is 3. The lowest BCUT2D eigenvalue weighted by Crippen LogP contribution is -2.23. The molecule has 1 aromatic carbocycles. The lowest BCUT2D eigenvalue weighted by molar-refractivity contribution is 0.370. The van der Waals surface area contributed by atoms with Crippen LogP contribution in [0.15, 0.2) is 30.5 Å². The van der Waals surface area contributed by atoms with Gasteiger partial charge in [-0.3, -0.25) is 10.7 Å². The maximum absolute atomic E-state index is 8.99. The molecule has 0 saturated heterocycles. The molecule has 3 N–H and O–H groups in total. The number of anilines is 1. The second kappa shape index (κ2) is 4.48. The number of likely N-dealkylation sites (N-methyl/N-ethyl adjacent to an activating group) is 1. The minimum Gasteiger partial charge on any atom is -0.361 e. The summed E-state index contributed by atoms with van der Waals surface area (Å²) >= 11 is 0. The topological polar surface area (TPSA) is 51.3 Å². The molecule has 0 unspecified atom stereocenters. The molecule has 94 valence electrons. The van der Waals surface area contributed by atoms with Gasteiger partial charge in [0.1, 0.15) is 0 Å². The van der Waals surface area contributed by atoms with Crippen molar-refractivity contribution in [2.75, 3.05) is 25.6 Å². The van der Waals surface area contributed by atoms with Crippen LogP contribution in [0.2, 0.25) is 0 Å². The van der Waals surface area contributed by atoms with Crippen molar-refractivity contribution < 1.29 is 5.21 Å². The number of rotatable bonds is 2. The molecule has 0 spiro atoms. The van der Waals surface area contributed by atoms with Gasteiger partial charge in [-0.05, 0) is 37.2 Å². The number of nitrogens with one attached hydrogen (secondary N) is 2. The fourth-order valence-corrected chi connectivity index (χ4v) is 2.47. The van der Waals surface area contributed by atoms with Gasteiger partial charge in [-0.25, -0.2) is 0 Å². The zero-order valence-corrected chi connectivity index (χ0v) is 10.4. The zero-order chi connectivity index (χ0) is 12.5. The number of hydrogen-bond donors (Lipinski definition) is 3. The molecule has 1 aliphatic heterocycles. The third kappa shape index (κ3) is 1.89. The Morgan fingerprint density at radius 3 is 3.00 bits per heavy atom. The van der Waals surface area contributed by atoms with Crippen molar-refractivity contribution in [3.8, 4) is 0 Å². The molecular formula is C14H17N3O. The summed E-state index contributed by atoms with van der Waals surface area (Å²) in [5.41, 5.74) is 6.65. The van der Waals surface area contributed by atoms with Crippen LogP contribution >= 0.6 is 0 Å². The van der Waals surface area contributed by atoms with Gasteiger partial charge in [-0.15, -0.1) is 0 Å². The quantitative estimate of drug-likeness (QED) is 0.711. The van der Waals surface area contributed by atoms with E-state index in [0.717, 1.165) is 36.1 Å². The monoisotopic (exact) mass is 243 g/mol. The van der Waals surface area contributed by atoms with Crippen LogP contribution in [0.5, 0.6) is 0 Å². The summed E-state index contributed by atoms with van der Waals surface area (Å²) < 4.78 is 0. The van der Waals surface area contributed by atoms with Crippen LogP contribution in [0.1, 0.15) is 12.0 Å². The maximum Gasteiger partial charge on any atom is 0.0609 e. The molecule has 0 atom stereocenters. The lowest BCUT2D eigenvalue weighted by atomic mass is 9.99. The van der Waals surface area contributed by atoms with Crippen molar-refractivity contribution in [2.45, 2.75) is 6.42 Å². The van der Waals surface area contributed by atoms with Crippen molar-refractivity contribution >= 4 is 22.2 Å². The van der Waals surface area contributed by atoms with E-state index < -0.39 is 0 Å². The summed E-state index contributed by atoms with van der Waals surface area (Å²) in [4.78, 5) is 5.59.